The highest BCUT2D eigenvalue weighted by molar-refractivity contribution is 6.31. The van der Waals surface area contributed by atoms with E-state index in [1.54, 1.807) is 12.1 Å². The SMILES string of the molecule is COc1cc(C(=O)NCC(O)(CN2CCOCC2)c2ccc(C=O)c(-c3ccc(F)c(Cl)c3)n2)ccc1OCCO. The Hall–Kier alpha value is -3.61. The number of nitrogens with one attached hydrogen (secondary N) is 1. The van der Waals surface area contributed by atoms with Crippen LogP contribution >= 0.6 is 11.6 Å². The van der Waals surface area contributed by atoms with Gasteiger partial charge in [-0.3, -0.25) is 14.5 Å². The third-order valence-corrected chi connectivity index (χ3v) is 6.92. The monoisotopic (exact) mass is 587 g/mol. The van der Waals surface area contributed by atoms with Crippen LogP contribution in [0.15, 0.2) is 48.5 Å². The number of aromatic nitrogens is 1. The normalized spacial score (nSPS) is 15.1. The molecule has 3 N–H and O–H groups in total. The molecule has 1 saturated heterocycles. The van der Waals surface area contributed by atoms with Crippen LogP contribution in [0.3, 0.4) is 0 Å². The van der Waals surface area contributed by atoms with Gasteiger partial charge in [-0.05, 0) is 48.5 Å². The molecule has 1 aromatic heterocycles. The topological polar surface area (TPSA) is 130 Å². The molecule has 4 rings (SSSR count). The quantitative estimate of drug-likeness (QED) is 0.274. The number of carbonyl (C=O) groups is 2. The highest BCUT2D eigenvalue weighted by atomic mass is 35.5. The van der Waals surface area contributed by atoms with Crippen molar-refractivity contribution in [3.63, 3.8) is 0 Å². The average Bonchev–Trinajstić information content (AvgIpc) is 3.00. The van der Waals surface area contributed by atoms with Crippen molar-refractivity contribution in [1.82, 2.24) is 15.2 Å². The number of β-amino-alcohol motifs (C(OH)–C–C–N with tert-alkyl or cyclic N) is 1. The van der Waals surface area contributed by atoms with Gasteiger partial charge in [0, 0.05) is 36.3 Å². The molecule has 41 heavy (non-hydrogen) atoms. The van der Waals surface area contributed by atoms with Crippen molar-refractivity contribution in [3.05, 3.63) is 76.2 Å². The maximum absolute atomic E-state index is 13.8. The molecule has 0 spiro atoms. The van der Waals surface area contributed by atoms with Gasteiger partial charge >= 0.3 is 0 Å². The lowest BCUT2D eigenvalue weighted by atomic mass is 9.95. The Morgan fingerprint density at radius 2 is 1.98 bits per heavy atom. The van der Waals surface area contributed by atoms with Gasteiger partial charge in [0.15, 0.2) is 17.8 Å². The minimum absolute atomic E-state index is 0.0679. The fraction of sp³-hybridized carbons (Fsp3) is 0.345. The number of pyridine rings is 1. The lowest BCUT2D eigenvalue weighted by Crippen LogP contribution is -2.51. The van der Waals surface area contributed by atoms with Gasteiger partial charge in [0.05, 0.1) is 49.9 Å². The Balaban J connectivity index is 1.64. The molecule has 2 heterocycles. The molecule has 218 valence electrons. The number of morpholine rings is 1. The molecule has 1 aliphatic rings. The van der Waals surface area contributed by atoms with E-state index >= 15 is 0 Å². The van der Waals surface area contributed by atoms with Gasteiger partial charge in [0.2, 0.25) is 0 Å². The van der Waals surface area contributed by atoms with Crippen LogP contribution in [0.25, 0.3) is 11.3 Å². The van der Waals surface area contributed by atoms with Gasteiger partial charge in [0.25, 0.3) is 5.91 Å². The van der Waals surface area contributed by atoms with Crippen LogP contribution in [-0.2, 0) is 10.3 Å². The fourth-order valence-corrected chi connectivity index (χ4v) is 4.65. The number of hydrogen-bond acceptors (Lipinski definition) is 9. The number of methoxy groups -OCH3 is 1. The lowest BCUT2D eigenvalue weighted by molar-refractivity contribution is -0.0361. The standard InChI is InChI=1S/C29H31ClFN3O7/c1-39-25-15-20(3-6-24(25)41-13-10-35)28(37)32-17-29(38,18-34-8-11-40-12-9-34)26-7-4-21(16-36)27(33-26)19-2-5-23(31)22(30)14-19/h2-7,14-16,35,38H,8-13,17-18H2,1H3,(H,32,37). The predicted molar refractivity (Wildman–Crippen MR) is 149 cm³/mol. The molecule has 1 unspecified atom stereocenters. The lowest BCUT2D eigenvalue weighted by Gasteiger charge is -2.36. The van der Waals surface area contributed by atoms with Crippen LogP contribution in [-0.4, -0.2) is 92.0 Å². The summed E-state index contributed by atoms with van der Waals surface area (Å²) in [5.41, 5.74) is -0.373. The summed E-state index contributed by atoms with van der Waals surface area (Å²) in [6.45, 7) is 1.90. The highest BCUT2D eigenvalue weighted by Gasteiger charge is 2.35. The molecule has 0 bridgehead atoms. The van der Waals surface area contributed by atoms with Crippen LogP contribution in [0.1, 0.15) is 26.4 Å². The van der Waals surface area contributed by atoms with Gasteiger partial charge in [0.1, 0.15) is 18.0 Å². The molecule has 3 aromatic rings. The van der Waals surface area contributed by atoms with E-state index in [-0.39, 0.29) is 53.8 Å². The molecule has 0 saturated carbocycles. The Labute approximate surface area is 241 Å². The molecule has 10 nitrogen and oxygen atoms in total. The van der Waals surface area contributed by atoms with Crippen molar-refractivity contribution in [3.8, 4) is 22.8 Å². The smallest absolute Gasteiger partial charge is 0.251 e. The van der Waals surface area contributed by atoms with Crippen LogP contribution in [0.2, 0.25) is 5.02 Å². The number of rotatable bonds is 12. The number of aliphatic hydroxyl groups excluding tert-OH is 1. The third kappa shape index (κ3) is 7.38. The van der Waals surface area contributed by atoms with E-state index < -0.39 is 17.3 Å². The van der Waals surface area contributed by atoms with Gasteiger partial charge < -0.3 is 29.7 Å². The Morgan fingerprint density at radius 3 is 2.66 bits per heavy atom. The van der Waals surface area contributed by atoms with Gasteiger partial charge in [-0.2, -0.15) is 0 Å². The summed E-state index contributed by atoms with van der Waals surface area (Å²) in [6.07, 6.45) is 0.619. The van der Waals surface area contributed by atoms with Gasteiger partial charge in [-0.25, -0.2) is 9.37 Å². The first-order chi connectivity index (χ1) is 19.8. The molecule has 1 amide bonds. The molecule has 1 fully saturated rings. The largest absolute Gasteiger partial charge is 0.493 e. The summed E-state index contributed by atoms with van der Waals surface area (Å²) in [7, 11) is 1.43. The Bertz CT molecular complexity index is 1390. The van der Waals surface area contributed by atoms with E-state index in [0.29, 0.717) is 49.7 Å². The number of hydrogen-bond donors (Lipinski definition) is 3. The molecule has 0 aliphatic carbocycles. The number of amides is 1. The molecule has 0 radical (unpaired) electrons. The second-order valence-electron chi connectivity index (χ2n) is 9.42. The maximum Gasteiger partial charge on any atom is 0.251 e. The number of aldehydes is 1. The average molecular weight is 588 g/mol. The molecule has 12 heteroatoms. The van der Waals surface area contributed by atoms with Gasteiger partial charge in [-0.1, -0.05) is 11.6 Å². The van der Waals surface area contributed by atoms with E-state index in [2.05, 4.69) is 10.3 Å². The maximum atomic E-state index is 13.8. The zero-order valence-electron chi connectivity index (χ0n) is 22.4. The number of carbonyl (C=O) groups excluding carboxylic acids is 2. The van der Waals surface area contributed by atoms with Crippen molar-refractivity contribution < 1.29 is 38.4 Å². The molecule has 1 atom stereocenters. The highest BCUT2D eigenvalue weighted by Crippen LogP contribution is 2.30. The van der Waals surface area contributed by atoms with Gasteiger partial charge in [-0.15, -0.1) is 0 Å². The van der Waals surface area contributed by atoms with Crippen molar-refractivity contribution in [2.75, 3.05) is 59.7 Å². The van der Waals surface area contributed by atoms with Crippen molar-refractivity contribution in [2.24, 2.45) is 0 Å². The number of ether oxygens (including phenoxy) is 3. The van der Waals surface area contributed by atoms with Crippen molar-refractivity contribution in [2.45, 2.75) is 5.60 Å². The first-order valence-corrected chi connectivity index (χ1v) is 13.3. The number of benzene rings is 2. The first kappa shape index (κ1) is 30.4. The summed E-state index contributed by atoms with van der Waals surface area (Å²) < 4.78 is 30.0. The Kier molecular flexibility index (Phi) is 10.2. The Morgan fingerprint density at radius 1 is 1.20 bits per heavy atom. The number of aliphatic hydroxyl groups is 2. The number of halogens is 2. The minimum Gasteiger partial charge on any atom is -0.493 e. The van der Waals surface area contributed by atoms with Crippen LogP contribution < -0.4 is 14.8 Å². The van der Waals surface area contributed by atoms with E-state index in [4.69, 9.17) is 30.9 Å². The van der Waals surface area contributed by atoms with E-state index in [0.717, 1.165) is 0 Å². The van der Waals surface area contributed by atoms with Crippen molar-refractivity contribution in [1.29, 1.82) is 0 Å². The van der Waals surface area contributed by atoms with Crippen LogP contribution in [0, 0.1) is 5.82 Å². The summed E-state index contributed by atoms with van der Waals surface area (Å²) in [4.78, 5) is 31.6. The van der Waals surface area contributed by atoms with Crippen LogP contribution in [0.4, 0.5) is 4.39 Å². The van der Waals surface area contributed by atoms with Crippen molar-refractivity contribution >= 4 is 23.8 Å². The molecule has 1 aliphatic heterocycles. The first-order valence-electron chi connectivity index (χ1n) is 12.9. The van der Waals surface area contributed by atoms with E-state index in [1.807, 2.05) is 4.90 Å². The summed E-state index contributed by atoms with van der Waals surface area (Å²) in [5.74, 6) is -0.416. The fourth-order valence-electron chi connectivity index (χ4n) is 4.47. The zero-order valence-corrected chi connectivity index (χ0v) is 23.2. The second kappa shape index (κ2) is 13.8. The van der Waals surface area contributed by atoms with E-state index in [1.165, 1.54) is 43.5 Å². The summed E-state index contributed by atoms with van der Waals surface area (Å²) in [5, 5.41) is 23.7. The summed E-state index contributed by atoms with van der Waals surface area (Å²) in [6, 6.07) is 11.6. The molecular weight excluding hydrogens is 557 g/mol. The second-order valence-corrected chi connectivity index (χ2v) is 9.83. The molecule has 2 aromatic carbocycles. The van der Waals surface area contributed by atoms with Crippen LogP contribution in [0.5, 0.6) is 11.5 Å². The summed E-state index contributed by atoms with van der Waals surface area (Å²) >= 11 is 5.98. The minimum atomic E-state index is -1.68. The molecular formula is C29H31ClFN3O7. The predicted octanol–water partition coefficient (Wildman–Crippen LogP) is 2.68. The third-order valence-electron chi connectivity index (χ3n) is 6.63. The zero-order chi connectivity index (χ0) is 29.4. The number of nitrogens with zero attached hydrogens (tertiary/aromatic N) is 2. The van der Waals surface area contributed by atoms with E-state index in [9.17, 15) is 19.1 Å².